The van der Waals surface area contributed by atoms with Gasteiger partial charge in [-0.3, -0.25) is 4.68 Å². The van der Waals surface area contributed by atoms with Gasteiger partial charge in [-0.25, -0.2) is 0 Å². The summed E-state index contributed by atoms with van der Waals surface area (Å²) in [6.07, 6.45) is 0.902. The van der Waals surface area contributed by atoms with Gasteiger partial charge >= 0.3 is 0 Å². The van der Waals surface area contributed by atoms with Crippen LogP contribution in [0.25, 0.3) is 0 Å². The Morgan fingerprint density at radius 2 is 1.86 bits per heavy atom. The largest absolute Gasteiger partial charge is 0.487 e. The molecule has 0 unspecified atom stereocenters. The maximum atomic E-state index is 6.06. The quantitative estimate of drug-likeness (QED) is 0.733. The molecule has 1 aromatic carbocycles. The summed E-state index contributed by atoms with van der Waals surface area (Å²) >= 11 is 9.70. The van der Waals surface area contributed by atoms with Crippen LogP contribution in [0.1, 0.15) is 36.4 Å². The fourth-order valence-corrected chi connectivity index (χ4v) is 3.43. The second kappa shape index (κ2) is 6.84. The molecule has 2 aromatic rings. The van der Waals surface area contributed by atoms with Crippen molar-refractivity contribution in [2.24, 2.45) is 0 Å². The lowest BCUT2D eigenvalue weighted by Gasteiger charge is -2.13. The predicted molar refractivity (Wildman–Crippen MR) is 90.2 cm³/mol. The highest BCUT2D eigenvalue weighted by Crippen LogP contribution is 2.29. The third-order valence-corrected chi connectivity index (χ3v) is 4.61. The first-order valence-corrected chi connectivity index (χ1v) is 8.28. The van der Waals surface area contributed by atoms with Gasteiger partial charge in [0, 0.05) is 11.6 Å². The van der Waals surface area contributed by atoms with E-state index in [0.29, 0.717) is 6.61 Å². The van der Waals surface area contributed by atoms with Crippen LogP contribution in [0.5, 0.6) is 5.75 Å². The number of hydrogen-bond acceptors (Lipinski definition) is 2. The molecular formula is C16H20BrClN2O. The molecule has 0 amide bonds. The SMILES string of the molecule is CCc1nn(CC)c(COc2c(C)cc(Cl)cc2C)c1Br. The Kier molecular flexibility index (Phi) is 5.33. The van der Waals surface area contributed by atoms with Crippen LogP contribution in [0.3, 0.4) is 0 Å². The maximum Gasteiger partial charge on any atom is 0.131 e. The summed E-state index contributed by atoms with van der Waals surface area (Å²) in [5.41, 5.74) is 4.24. The topological polar surface area (TPSA) is 27.1 Å². The summed E-state index contributed by atoms with van der Waals surface area (Å²) in [6.45, 7) is 9.53. The second-order valence-corrected chi connectivity index (χ2v) is 6.26. The number of aromatic nitrogens is 2. The Hall–Kier alpha value is -1.000. The number of rotatable bonds is 5. The number of ether oxygens (including phenoxy) is 1. The van der Waals surface area contributed by atoms with Crippen LogP contribution in [0.15, 0.2) is 16.6 Å². The van der Waals surface area contributed by atoms with Gasteiger partial charge in [-0.2, -0.15) is 5.10 Å². The van der Waals surface area contributed by atoms with E-state index < -0.39 is 0 Å². The molecule has 0 atom stereocenters. The summed E-state index contributed by atoms with van der Waals surface area (Å²) in [5.74, 6) is 0.896. The molecule has 0 radical (unpaired) electrons. The third kappa shape index (κ3) is 3.43. The van der Waals surface area contributed by atoms with E-state index in [9.17, 15) is 0 Å². The summed E-state index contributed by atoms with van der Waals surface area (Å²) < 4.78 is 9.08. The van der Waals surface area contributed by atoms with Gasteiger partial charge in [0.05, 0.1) is 15.9 Å². The molecule has 5 heteroatoms. The van der Waals surface area contributed by atoms with Crippen molar-refractivity contribution in [1.82, 2.24) is 9.78 Å². The minimum Gasteiger partial charge on any atom is -0.487 e. The Balaban J connectivity index is 2.26. The summed E-state index contributed by atoms with van der Waals surface area (Å²) in [6, 6.07) is 3.85. The molecule has 0 aliphatic heterocycles. The molecule has 0 saturated heterocycles. The van der Waals surface area contributed by atoms with Crippen molar-refractivity contribution in [2.75, 3.05) is 0 Å². The molecule has 0 N–H and O–H groups in total. The van der Waals surface area contributed by atoms with Crippen molar-refractivity contribution in [3.8, 4) is 5.75 Å². The van der Waals surface area contributed by atoms with Crippen LogP contribution in [0.2, 0.25) is 5.02 Å². The van der Waals surface area contributed by atoms with Crippen LogP contribution in [-0.4, -0.2) is 9.78 Å². The zero-order valence-corrected chi connectivity index (χ0v) is 15.2. The Morgan fingerprint density at radius 3 is 2.38 bits per heavy atom. The van der Waals surface area contributed by atoms with Crippen LogP contribution < -0.4 is 4.74 Å². The molecule has 0 saturated carbocycles. The lowest BCUT2D eigenvalue weighted by Crippen LogP contribution is -2.07. The molecule has 0 bridgehead atoms. The molecule has 3 nitrogen and oxygen atoms in total. The molecule has 0 aliphatic carbocycles. The monoisotopic (exact) mass is 370 g/mol. The number of benzene rings is 1. The first-order valence-electron chi connectivity index (χ1n) is 7.11. The van der Waals surface area contributed by atoms with Crippen LogP contribution in [-0.2, 0) is 19.6 Å². The second-order valence-electron chi connectivity index (χ2n) is 5.03. The standard InChI is InChI=1S/C16H20BrClN2O/c1-5-13-15(17)14(20(6-2)19-13)9-21-16-10(3)7-12(18)8-11(16)4/h7-8H,5-6,9H2,1-4H3. The summed E-state index contributed by atoms with van der Waals surface area (Å²) in [5, 5.41) is 5.33. The van der Waals surface area contributed by atoms with Gasteiger partial charge in [-0.15, -0.1) is 0 Å². The molecular weight excluding hydrogens is 352 g/mol. The van der Waals surface area contributed by atoms with Crippen LogP contribution in [0.4, 0.5) is 0 Å². The smallest absolute Gasteiger partial charge is 0.131 e. The van der Waals surface area contributed by atoms with Gasteiger partial charge in [0.15, 0.2) is 0 Å². The van der Waals surface area contributed by atoms with E-state index in [0.717, 1.165) is 50.7 Å². The van der Waals surface area contributed by atoms with Crippen LogP contribution in [0, 0.1) is 13.8 Å². The van der Waals surface area contributed by atoms with Gasteiger partial charge in [0.25, 0.3) is 0 Å². The van der Waals surface area contributed by atoms with E-state index in [2.05, 4.69) is 34.9 Å². The van der Waals surface area contributed by atoms with Crippen molar-refractivity contribution < 1.29 is 4.74 Å². The number of halogens is 2. The Labute approximate surface area is 139 Å². The first kappa shape index (κ1) is 16.4. The Morgan fingerprint density at radius 1 is 1.24 bits per heavy atom. The van der Waals surface area contributed by atoms with Gasteiger partial charge in [0.2, 0.25) is 0 Å². The molecule has 2 rings (SSSR count). The maximum absolute atomic E-state index is 6.06. The molecule has 0 aliphatic rings. The highest BCUT2D eigenvalue weighted by molar-refractivity contribution is 9.10. The van der Waals surface area contributed by atoms with E-state index >= 15 is 0 Å². The van der Waals surface area contributed by atoms with Gasteiger partial charge in [-0.05, 0) is 66.4 Å². The molecule has 0 fully saturated rings. The highest BCUT2D eigenvalue weighted by atomic mass is 79.9. The highest BCUT2D eigenvalue weighted by Gasteiger charge is 2.15. The fourth-order valence-electron chi connectivity index (χ4n) is 2.42. The molecule has 1 heterocycles. The van der Waals surface area contributed by atoms with Crippen molar-refractivity contribution >= 4 is 27.5 Å². The minimum absolute atomic E-state index is 0.491. The van der Waals surface area contributed by atoms with Gasteiger partial charge in [-0.1, -0.05) is 18.5 Å². The molecule has 0 spiro atoms. The van der Waals surface area contributed by atoms with E-state index in [1.54, 1.807) is 0 Å². The van der Waals surface area contributed by atoms with Crippen molar-refractivity contribution in [1.29, 1.82) is 0 Å². The van der Waals surface area contributed by atoms with E-state index in [1.807, 2.05) is 30.7 Å². The first-order chi connectivity index (χ1) is 9.97. The van der Waals surface area contributed by atoms with Crippen LogP contribution >= 0.6 is 27.5 Å². The van der Waals surface area contributed by atoms with Gasteiger partial charge in [0.1, 0.15) is 12.4 Å². The normalized spacial score (nSPS) is 11.0. The fraction of sp³-hybridized carbons (Fsp3) is 0.438. The zero-order valence-electron chi connectivity index (χ0n) is 12.8. The number of hydrogen-bond donors (Lipinski definition) is 0. The molecule has 21 heavy (non-hydrogen) atoms. The minimum atomic E-state index is 0.491. The molecule has 114 valence electrons. The summed E-state index contributed by atoms with van der Waals surface area (Å²) in [4.78, 5) is 0. The van der Waals surface area contributed by atoms with Crippen molar-refractivity contribution in [3.63, 3.8) is 0 Å². The summed E-state index contributed by atoms with van der Waals surface area (Å²) in [7, 11) is 0. The average Bonchev–Trinajstić information content (AvgIpc) is 2.73. The van der Waals surface area contributed by atoms with Gasteiger partial charge < -0.3 is 4.74 Å². The van der Waals surface area contributed by atoms with Crippen molar-refractivity contribution in [2.45, 2.75) is 47.3 Å². The Bertz CT molecular complexity index is 629. The lowest BCUT2D eigenvalue weighted by molar-refractivity contribution is 0.288. The number of nitrogens with zero attached hydrogens (tertiary/aromatic N) is 2. The lowest BCUT2D eigenvalue weighted by atomic mass is 10.1. The number of aryl methyl sites for hydroxylation is 4. The van der Waals surface area contributed by atoms with E-state index in [-0.39, 0.29) is 0 Å². The molecule has 1 aromatic heterocycles. The zero-order chi connectivity index (χ0) is 15.6. The van der Waals surface area contributed by atoms with Crippen molar-refractivity contribution in [3.05, 3.63) is 44.1 Å². The predicted octanol–water partition coefficient (Wildman–Crippen LogP) is 5.08. The third-order valence-electron chi connectivity index (χ3n) is 3.47. The average molecular weight is 372 g/mol. The van der Waals surface area contributed by atoms with E-state index in [4.69, 9.17) is 16.3 Å². The van der Waals surface area contributed by atoms with E-state index in [1.165, 1.54) is 0 Å².